The van der Waals surface area contributed by atoms with Crippen molar-refractivity contribution in [2.24, 2.45) is 0 Å². The molecule has 0 atom stereocenters. The molecule has 0 saturated heterocycles. The van der Waals surface area contributed by atoms with Crippen LogP contribution < -0.4 is 0 Å². The lowest BCUT2D eigenvalue weighted by molar-refractivity contribution is 0.0696. The van der Waals surface area contributed by atoms with Crippen molar-refractivity contribution >= 4 is 21.9 Å². The van der Waals surface area contributed by atoms with Gasteiger partial charge in [0.05, 0.1) is 18.8 Å². The van der Waals surface area contributed by atoms with Crippen molar-refractivity contribution in [2.45, 2.75) is 6.61 Å². The van der Waals surface area contributed by atoms with Crippen LogP contribution in [0.25, 0.3) is 0 Å². The molecule has 0 aromatic heterocycles. The van der Waals surface area contributed by atoms with Gasteiger partial charge in [-0.15, -0.1) is 6.58 Å². The summed E-state index contributed by atoms with van der Waals surface area (Å²) in [6.45, 7) is 4.45. The van der Waals surface area contributed by atoms with Gasteiger partial charge in [0, 0.05) is 4.47 Å². The van der Waals surface area contributed by atoms with Crippen LogP contribution in [-0.2, 0) is 11.3 Å². The molecule has 15 heavy (non-hydrogen) atoms. The topological polar surface area (TPSA) is 46.5 Å². The van der Waals surface area contributed by atoms with Gasteiger partial charge < -0.3 is 9.84 Å². The Morgan fingerprint density at radius 3 is 2.87 bits per heavy atom. The van der Waals surface area contributed by atoms with E-state index in [1.165, 1.54) is 0 Å². The summed E-state index contributed by atoms with van der Waals surface area (Å²) in [5.74, 6) is -0.936. The summed E-state index contributed by atoms with van der Waals surface area (Å²) in [4.78, 5) is 10.7. The van der Waals surface area contributed by atoms with Crippen LogP contribution in [0.4, 0.5) is 0 Å². The summed E-state index contributed by atoms with van der Waals surface area (Å²) in [5.41, 5.74) is 1.18. The Morgan fingerprint density at radius 2 is 2.33 bits per heavy atom. The van der Waals surface area contributed by atoms with Crippen molar-refractivity contribution < 1.29 is 14.6 Å². The molecule has 1 N–H and O–H groups in total. The first-order chi connectivity index (χ1) is 7.15. The summed E-state index contributed by atoms with van der Waals surface area (Å²) in [7, 11) is 0. The number of rotatable bonds is 5. The zero-order valence-electron chi connectivity index (χ0n) is 8.07. The molecule has 0 spiro atoms. The van der Waals surface area contributed by atoms with Gasteiger partial charge in [-0.3, -0.25) is 0 Å². The molecular formula is C11H11BrO3. The molecular weight excluding hydrogens is 260 g/mol. The van der Waals surface area contributed by atoms with E-state index in [1.54, 1.807) is 24.3 Å². The Balaban J connectivity index is 2.74. The Labute approximate surface area is 96.5 Å². The van der Waals surface area contributed by atoms with Gasteiger partial charge in [0.2, 0.25) is 0 Å². The van der Waals surface area contributed by atoms with Gasteiger partial charge in [-0.25, -0.2) is 4.79 Å². The molecule has 0 radical (unpaired) electrons. The quantitative estimate of drug-likeness (QED) is 0.661. The fraction of sp³-hybridized carbons (Fsp3) is 0.182. The highest BCUT2D eigenvalue weighted by Gasteiger charge is 2.06. The second-order valence-electron chi connectivity index (χ2n) is 2.92. The van der Waals surface area contributed by atoms with E-state index in [2.05, 4.69) is 22.5 Å². The van der Waals surface area contributed by atoms with Crippen LogP contribution in [0.3, 0.4) is 0 Å². The summed E-state index contributed by atoms with van der Waals surface area (Å²) in [6.07, 6.45) is 1.67. The molecule has 1 aromatic carbocycles. The minimum atomic E-state index is -0.936. The summed E-state index contributed by atoms with van der Waals surface area (Å²) in [5, 5.41) is 8.75. The molecule has 0 unspecified atom stereocenters. The molecule has 0 amide bonds. The number of hydrogen-bond acceptors (Lipinski definition) is 2. The van der Waals surface area contributed by atoms with Crippen LogP contribution in [0.15, 0.2) is 35.3 Å². The van der Waals surface area contributed by atoms with Crippen molar-refractivity contribution in [3.63, 3.8) is 0 Å². The molecule has 0 fully saturated rings. The Hall–Kier alpha value is -1.13. The molecule has 0 heterocycles. The fourth-order valence-corrected chi connectivity index (χ4v) is 1.54. The van der Waals surface area contributed by atoms with Gasteiger partial charge in [-0.05, 0) is 17.7 Å². The van der Waals surface area contributed by atoms with Crippen LogP contribution in [-0.4, -0.2) is 17.7 Å². The van der Waals surface area contributed by atoms with Crippen LogP contribution in [0.1, 0.15) is 15.9 Å². The van der Waals surface area contributed by atoms with Gasteiger partial charge in [0.15, 0.2) is 0 Å². The summed E-state index contributed by atoms with van der Waals surface area (Å²) in [6, 6.07) is 4.85. The molecule has 80 valence electrons. The molecule has 0 aliphatic heterocycles. The number of aromatic carboxylic acids is 1. The van der Waals surface area contributed by atoms with Gasteiger partial charge in [0.1, 0.15) is 0 Å². The second kappa shape index (κ2) is 5.68. The smallest absolute Gasteiger partial charge is 0.335 e. The molecule has 0 aliphatic rings. The standard InChI is InChI=1S/C11H11BrO3/c1-2-5-15-7-9-4-3-8(11(13)14)6-10(9)12/h2-4,6H,1,5,7H2,(H,13,14). The summed E-state index contributed by atoms with van der Waals surface area (Å²) < 4.78 is 6.00. The zero-order chi connectivity index (χ0) is 11.3. The van der Waals surface area contributed by atoms with Gasteiger partial charge in [-0.2, -0.15) is 0 Å². The Bertz CT molecular complexity index is 374. The van der Waals surface area contributed by atoms with E-state index in [0.29, 0.717) is 13.2 Å². The number of halogens is 1. The third kappa shape index (κ3) is 3.49. The highest BCUT2D eigenvalue weighted by Crippen LogP contribution is 2.19. The predicted molar refractivity (Wildman–Crippen MR) is 61.0 cm³/mol. The third-order valence-electron chi connectivity index (χ3n) is 1.79. The molecule has 1 rings (SSSR count). The van der Waals surface area contributed by atoms with Gasteiger partial charge in [-0.1, -0.05) is 28.1 Å². The van der Waals surface area contributed by atoms with E-state index in [-0.39, 0.29) is 5.56 Å². The van der Waals surface area contributed by atoms with Crippen molar-refractivity contribution in [3.05, 3.63) is 46.5 Å². The lowest BCUT2D eigenvalue weighted by atomic mass is 10.1. The molecule has 0 saturated carbocycles. The normalized spacial score (nSPS) is 9.93. The van der Waals surface area contributed by atoms with Crippen LogP contribution >= 0.6 is 15.9 Å². The maximum atomic E-state index is 10.7. The zero-order valence-corrected chi connectivity index (χ0v) is 9.66. The van der Waals surface area contributed by atoms with Crippen LogP contribution in [0, 0.1) is 0 Å². The lowest BCUT2D eigenvalue weighted by Crippen LogP contribution is -1.99. The molecule has 0 aliphatic carbocycles. The van der Waals surface area contributed by atoms with E-state index in [4.69, 9.17) is 9.84 Å². The summed E-state index contributed by atoms with van der Waals surface area (Å²) >= 11 is 3.30. The first-order valence-electron chi connectivity index (χ1n) is 4.35. The van der Waals surface area contributed by atoms with Crippen molar-refractivity contribution in [1.82, 2.24) is 0 Å². The number of benzene rings is 1. The van der Waals surface area contributed by atoms with Crippen molar-refractivity contribution in [2.75, 3.05) is 6.61 Å². The first-order valence-corrected chi connectivity index (χ1v) is 5.15. The first kappa shape index (κ1) is 11.9. The van der Waals surface area contributed by atoms with E-state index in [9.17, 15) is 4.79 Å². The van der Waals surface area contributed by atoms with Crippen LogP contribution in [0.5, 0.6) is 0 Å². The highest BCUT2D eigenvalue weighted by atomic mass is 79.9. The molecule has 0 bridgehead atoms. The van der Waals surface area contributed by atoms with Crippen molar-refractivity contribution in [1.29, 1.82) is 0 Å². The second-order valence-corrected chi connectivity index (χ2v) is 3.77. The predicted octanol–water partition coefficient (Wildman–Crippen LogP) is 2.85. The number of carbonyl (C=O) groups is 1. The van der Waals surface area contributed by atoms with Crippen LogP contribution in [0.2, 0.25) is 0 Å². The number of ether oxygens (including phenoxy) is 1. The van der Waals surface area contributed by atoms with Gasteiger partial charge >= 0.3 is 5.97 Å². The maximum Gasteiger partial charge on any atom is 0.335 e. The average molecular weight is 271 g/mol. The average Bonchev–Trinajstić information content (AvgIpc) is 2.20. The lowest BCUT2D eigenvalue weighted by Gasteiger charge is -2.05. The van der Waals surface area contributed by atoms with E-state index in [0.717, 1.165) is 10.0 Å². The maximum absolute atomic E-state index is 10.7. The van der Waals surface area contributed by atoms with E-state index < -0.39 is 5.97 Å². The highest BCUT2D eigenvalue weighted by molar-refractivity contribution is 9.10. The minimum absolute atomic E-state index is 0.259. The third-order valence-corrected chi connectivity index (χ3v) is 2.53. The van der Waals surface area contributed by atoms with E-state index >= 15 is 0 Å². The monoisotopic (exact) mass is 270 g/mol. The largest absolute Gasteiger partial charge is 0.478 e. The van der Waals surface area contributed by atoms with Gasteiger partial charge in [0.25, 0.3) is 0 Å². The molecule has 3 nitrogen and oxygen atoms in total. The number of carboxylic acid groups (broad SMARTS) is 1. The SMILES string of the molecule is C=CCOCc1ccc(C(=O)O)cc1Br. The van der Waals surface area contributed by atoms with E-state index in [1.807, 2.05) is 0 Å². The fourth-order valence-electron chi connectivity index (χ4n) is 1.05. The number of carboxylic acids is 1. The van der Waals surface area contributed by atoms with Crippen molar-refractivity contribution in [3.8, 4) is 0 Å². The Morgan fingerprint density at radius 1 is 1.60 bits per heavy atom. The number of hydrogen-bond donors (Lipinski definition) is 1. The molecule has 1 aromatic rings. The molecule has 4 heteroatoms. The minimum Gasteiger partial charge on any atom is -0.478 e. The Kier molecular flexibility index (Phi) is 4.52.